The van der Waals surface area contributed by atoms with Gasteiger partial charge in [-0.15, -0.1) is 11.3 Å². The molecule has 2 aromatic heterocycles. The van der Waals surface area contributed by atoms with E-state index in [4.69, 9.17) is 15.5 Å². The maximum Gasteiger partial charge on any atom is 0.248 e. The number of aromatic nitrogens is 2. The Kier molecular flexibility index (Phi) is 6.38. The summed E-state index contributed by atoms with van der Waals surface area (Å²) in [5.74, 6) is 0.132. The van der Waals surface area contributed by atoms with Gasteiger partial charge in [0.15, 0.2) is 10.3 Å². The smallest absolute Gasteiger partial charge is 0.248 e. The highest BCUT2D eigenvalue weighted by molar-refractivity contribution is 7.19. The van der Waals surface area contributed by atoms with Crippen LogP contribution in [0.5, 0.6) is 5.75 Å². The maximum absolute atomic E-state index is 11.6. The van der Waals surface area contributed by atoms with Gasteiger partial charge in [0.1, 0.15) is 5.75 Å². The Morgan fingerprint density at radius 1 is 1.06 bits per heavy atom. The van der Waals surface area contributed by atoms with Crippen LogP contribution in [-0.4, -0.2) is 22.0 Å². The van der Waals surface area contributed by atoms with Crippen molar-refractivity contribution in [3.05, 3.63) is 65.2 Å². The minimum Gasteiger partial charge on any atom is -0.489 e. The highest BCUT2D eigenvalue weighted by atomic mass is 32.1. The average molecular weight is 466 g/mol. The van der Waals surface area contributed by atoms with Gasteiger partial charge in [-0.2, -0.15) is 0 Å². The zero-order valence-electron chi connectivity index (χ0n) is 17.9. The van der Waals surface area contributed by atoms with E-state index in [1.54, 1.807) is 29.5 Å². The van der Waals surface area contributed by atoms with E-state index >= 15 is 0 Å². The molecule has 0 radical (unpaired) electrons. The van der Waals surface area contributed by atoms with Crippen LogP contribution in [0.2, 0.25) is 0 Å². The van der Waals surface area contributed by atoms with Crippen LogP contribution in [0, 0.1) is 6.92 Å². The fourth-order valence-corrected chi connectivity index (χ4v) is 4.76. The Labute approximate surface area is 194 Å². The molecule has 0 aliphatic carbocycles. The summed E-state index contributed by atoms with van der Waals surface area (Å²) in [7, 11) is 0. The third-order valence-electron chi connectivity index (χ3n) is 4.43. The molecule has 2 heterocycles. The van der Waals surface area contributed by atoms with Crippen molar-refractivity contribution in [3.8, 4) is 16.3 Å². The molecule has 0 aliphatic rings. The van der Waals surface area contributed by atoms with Gasteiger partial charge in [0.2, 0.25) is 5.91 Å². The van der Waals surface area contributed by atoms with E-state index in [0.717, 1.165) is 27.1 Å². The number of rotatable bonds is 8. The molecule has 0 unspecified atom stereocenters. The number of hydrogen-bond acceptors (Lipinski definition) is 8. The Balaban J connectivity index is 1.57. The Hall–Kier alpha value is -3.43. The van der Waals surface area contributed by atoms with Crippen LogP contribution in [-0.2, 0) is 0 Å². The lowest BCUT2D eigenvalue weighted by molar-refractivity contribution is 0.100. The predicted molar refractivity (Wildman–Crippen MR) is 132 cm³/mol. The third kappa shape index (κ3) is 5.06. The summed E-state index contributed by atoms with van der Waals surface area (Å²) in [6.45, 7) is 5.86. The van der Waals surface area contributed by atoms with Crippen molar-refractivity contribution in [2.24, 2.45) is 5.73 Å². The first-order valence-electron chi connectivity index (χ1n) is 10.0. The number of anilines is 4. The number of primary amides is 1. The topological polar surface area (TPSA) is 102 Å². The van der Waals surface area contributed by atoms with Gasteiger partial charge in [-0.1, -0.05) is 29.5 Å². The molecule has 1 amide bonds. The summed E-state index contributed by atoms with van der Waals surface area (Å²) < 4.78 is 5.87. The highest BCUT2D eigenvalue weighted by Gasteiger charge is 2.15. The summed E-state index contributed by atoms with van der Waals surface area (Å²) in [5, 5.41) is 10.1. The number of carbonyl (C=O) groups excluding carboxylic acids is 1. The molecule has 7 nitrogen and oxygen atoms in total. The fourth-order valence-electron chi connectivity index (χ4n) is 3.02. The fraction of sp³-hybridized carbons (Fsp3) is 0.174. The lowest BCUT2D eigenvalue weighted by atomic mass is 10.1. The average Bonchev–Trinajstić information content (AvgIpc) is 3.35. The first-order chi connectivity index (χ1) is 15.4. The normalized spacial score (nSPS) is 10.9. The third-order valence-corrected chi connectivity index (χ3v) is 6.28. The number of aryl methyl sites for hydroxylation is 1. The Bertz CT molecular complexity index is 1230. The second-order valence-electron chi connectivity index (χ2n) is 7.33. The molecule has 0 saturated carbocycles. The van der Waals surface area contributed by atoms with Gasteiger partial charge in [-0.3, -0.25) is 4.79 Å². The molecule has 0 bridgehead atoms. The first kappa shape index (κ1) is 21.8. The standard InChI is InChI=1S/C23H23N5O2S2/c1-13(2)30-19-10-9-15(21(24)29)11-17(19)27-22-28-18(12-31-22)20-14(3)25-23(32-20)26-16-7-5-4-6-8-16/h4-13H,1-3H3,(H2,24,29)(H,25,26)(H,27,28). The minimum absolute atomic E-state index is 0.0165. The van der Waals surface area contributed by atoms with E-state index in [-0.39, 0.29) is 6.10 Å². The van der Waals surface area contributed by atoms with Crippen LogP contribution >= 0.6 is 22.7 Å². The molecular weight excluding hydrogens is 442 g/mol. The van der Waals surface area contributed by atoms with E-state index in [1.165, 1.54) is 11.3 Å². The molecule has 2 aromatic carbocycles. The first-order valence-corrected chi connectivity index (χ1v) is 11.7. The van der Waals surface area contributed by atoms with Crippen LogP contribution in [0.25, 0.3) is 10.6 Å². The summed E-state index contributed by atoms with van der Waals surface area (Å²) in [5.41, 5.74) is 9.22. The monoisotopic (exact) mass is 465 g/mol. The molecule has 0 spiro atoms. The number of hydrogen-bond donors (Lipinski definition) is 3. The van der Waals surface area contributed by atoms with Crippen LogP contribution < -0.4 is 21.1 Å². The van der Waals surface area contributed by atoms with Crippen LogP contribution in [0.3, 0.4) is 0 Å². The quantitative estimate of drug-likeness (QED) is 0.297. The lowest BCUT2D eigenvalue weighted by Crippen LogP contribution is -2.12. The number of nitrogens with zero attached hydrogens (tertiary/aromatic N) is 2. The number of amides is 1. The molecule has 32 heavy (non-hydrogen) atoms. The van der Waals surface area contributed by atoms with Crippen molar-refractivity contribution in [2.45, 2.75) is 26.9 Å². The molecule has 9 heteroatoms. The Morgan fingerprint density at radius 2 is 1.84 bits per heavy atom. The second kappa shape index (κ2) is 9.37. The zero-order valence-corrected chi connectivity index (χ0v) is 19.5. The van der Waals surface area contributed by atoms with Crippen molar-refractivity contribution in [3.63, 3.8) is 0 Å². The molecule has 164 valence electrons. The zero-order chi connectivity index (χ0) is 22.7. The number of para-hydroxylation sites is 1. The number of nitrogens with two attached hydrogens (primary N) is 1. The molecule has 4 N–H and O–H groups in total. The molecule has 4 aromatic rings. The van der Waals surface area contributed by atoms with E-state index in [2.05, 4.69) is 15.6 Å². The number of nitrogens with one attached hydrogen (secondary N) is 2. The number of benzene rings is 2. The molecular formula is C23H23N5O2S2. The van der Waals surface area contributed by atoms with Gasteiger partial charge in [0, 0.05) is 16.6 Å². The highest BCUT2D eigenvalue weighted by Crippen LogP contribution is 2.37. The second-order valence-corrected chi connectivity index (χ2v) is 9.19. The van der Waals surface area contributed by atoms with E-state index in [0.29, 0.717) is 22.1 Å². The summed E-state index contributed by atoms with van der Waals surface area (Å²) >= 11 is 3.02. The predicted octanol–water partition coefficient (Wildman–Crippen LogP) is 5.95. The summed E-state index contributed by atoms with van der Waals surface area (Å²) in [6.07, 6.45) is -0.0165. The van der Waals surface area contributed by atoms with E-state index < -0.39 is 5.91 Å². The van der Waals surface area contributed by atoms with E-state index in [1.807, 2.05) is 56.5 Å². The van der Waals surface area contributed by atoms with Gasteiger partial charge >= 0.3 is 0 Å². The maximum atomic E-state index is 11.6. The lowest BCUT2D eigenvalue weighted by Gasteiger charge is -2.15. The summed E-state index contributed by atoms with van der Waals surface area (Å²) in [4.78, 5) is 22.0. The Morgan fingerprint density at radius 3 is 2.56 bits per heavy atom. The van der Waals surface area contributed by atoms with Gasteiger partial charge in [-0.25, -0.2) is 9.97 Å². The van der Waals surface area contributed by atoms with E-state index in [9.17, 15) is 4.79 Å². The van der Waals surface area contributed by atoms with Crippen LogP contribution in [0.1, 0.15) is 29.9 Å². The number of ether oxygens (including phenoxy) is 1. The SMILES string of the molecule is Cc1nc(Nc2ccccc2)sc1-c1csc(Nc2cc(C(N)=O)ccc2OC(C)C)n1. The molecule has 0 atom stereocenters. The van der Waals surface area contributed by atoms with Gasteiger partial charge in [0.05, 0.1) is 28.1 Å². The molecule has 0 aliphatic heterocycles. The minimum atomic E-state index is -0.497. The number of carbonyl (C=O) groups is 1. The van der Waals surface area contributed by atoms with Crippen LogP contribution in [0.4, 0.5) is 21.6 Å². The number of thiazole rings is 2. The van der Waals surface area contributed by atoms with Crippen molar-refractivity contribution in [1.29, 1.82) is 0 Å². The van der Waals surface area contributed by atoms with Gasteiger partial charge in [0.25, 0.3) is 0 Å². The van der Waals surface area contributed by atoms with Gasteiger partial charge in [-0.05, 0) is 51.1 Å². The van der Waals surface area contributed by atoms with Gasteiger partial charge < -0.3 is 21.1 Å². The van der Waals surface area contributed by atoms with Crippen LogP contribution in [0.15, 0.2) is 53.9 Å². The van der Waals surface area contributed by atoms with Crippen molar-refractivity contribution < 1.29 is 9.53 Å². The molecule has 0 fully saturated rings. The molecule has 4 rings (SSSR count). The van der Waals surface area contributed by atoms with Crippen molar-refractivity contribution >= 4 is 50.2 Å². The van der Waals surface area contributed by atoms with Crippen molar-refractivity contribution in [1.82, 2.24) is 9.97 Å². The largest absolute Gasteiger partial charge is 0.489 e. The van der Waals surface area contributed by atoms with Crippen molar-refractivity contribution in [2.75, 3.05) is 10.6 Å². The summed E-state index contributed by atoms with van der Waals surface area (Å²) in [6, 6.07) is 15.0. The molecule has 0 saturated heterocycles.